The van der Waals surface area contributed by atoms with Gasteiger partial charge in [-0.25, -0.2) is 8.42 Å². The molecule has 1 atom stereocenters. The van der Waals surface area contributed by atoms with Gasteiger partial charge in [-0.05, 0) is 37.1 Å². The number of sulfone groups is 1. The Morgan fingerprint density at radius 1 is 1.06 bits per heavy atom. The van der Waals surface area contributed by atoms with Crippen molar-refractivity contribution in [1.29, 1.82) is 0 Å². The molecule has 1 unspecified atom stereocenters. The van der Waals surface area contributed by atoms with Crippen LogP contribution in [-0.4, -0.2) is 60.5 Å². The number of ether oxygens (including phenoxy) is 1. The Labute approximate surface area is 198 Å². The molecule has 2 aromatic carbocycles. The number of rotatable bonds is 8. The normalized spacial score (nSPS) is 17.1. The first kappa shape index (κ1) is 23.9. The summed E-state index contributed by atoms with van der Waals surface area (Å²) in [4.78, 5) is 40.0. The van der Waals surface area contributed by atoms with Crippen molar-refractivity contribution in [2.24, 2.45) is 0 Å². The van der Waals surface area contributed by atoms with E-state index in [0.717, 1.165) is 12.8 Å². The largest absolute Gasteiger partial charge is 0.454 e. The summed E-state index contributed by atoms with van der Waals surface area (Å²) in [5.74, 6) is -0.980. The summed E-state index contributed by atoms with van der Waals surface area (Å²) in [5, 5.41) is 0.997. The van der Waals surface area contributed by atoms with Gasteiger partial charge >= 0.3 is 5.97 Å². The van der Waals surface area contributed by atoms with Crippen LogP contribution in [-0.2, 0) is 30.7 Å². The van der Waals surface area contributed by atoms with Crippen molar-refractivity contribution in [1.82, 2.24) is 9.47 Å². The lowest BCUT2D eigenvalue weighted by Gasteiger charge is -2.28. The zero-order chi connectivity index (χ0) is 24.3. The maximum atomic E-state index is 12.9. The molecule has 3 aromatic rings. The van der Waals surface area contributed by atoms with Gasteiger partial charge in [-0.15, -0.1) is 0 Å². The Bertz CT molecular complexity index is 1340. The summed E-state index contributed by atoms with van der Waals surface area (Å²) >= 11 is 0. The topological polar surface area (TPSA) is 103 Å². The average Bonchev–Trinajstić information content (AvgIpc) is 3.19. The monoisotopic (exact) mass is 484 g/mol. The molecular weight excluding hydrogens is 456 g/mol. The van der Waals surface area contributed by atoms with E-state index in [0.29, 0.717) is 34.8 Å². The standard InChI is InChI=1S/C25H28N2O6S/c1-2-3-13-26(18-12-14-34(31,32)17-18)23(28)16-33-24(29)15-27-21-10-6-4-8-19(21)25(30)20-9-5-7-11-22(20)27/h4-11,18H,2-3,12-17H2,1H3. The highest BCUT2D eigenvalue weighted by atomic mass is 32.2. The van der Waals surface area contributed by atoms with Crippen LogP contribution in [0.25, 0.3) is 21.8 Å². The van der Waals surface area contributed by atoms with Crippen molar-refractivity contribution >= 4 is 43.5 Å². The van der Waals surface area contributed by atoms with Gasteiger partial charge in [0.2, 0.25) is 0 Å². The zero-order valence-electron chi connectivity index (χ0n) is 19.1. The van der Waals surface area contributed by atoms with Gasteiger partial charge < -0.3 is 14.2 Å². The van der Waals surface area contributed by atoms with E-state index in [1.807, 2.05) is 6.92 Å². The summed E-state index contributed by atoms with van der Waals surface area (Å²) in [6, 6.07) is 13.7. The number of aromatic nitrogens is 1. The van der Waals surface area contributed by atoms with Crippen LogP contribution in [0.15, 0.2) is 53.3 Å². The molecule has 0 aliphatic carbocycles. The number of carbonyl (C=O) groups is 2. The molecule has 0 N–H and O–H groups in total. The maximum absolute atomic E-state index is 12.9. The summed E-state index contributed by atoms with van der Waals surface area (Å²) in [5.41, 5.74) is 1.11. The van der Waals surface area contributed by atoms with Gasteiger partial charge in [-0.1, -0.05) is 37.6 Å². The van der Waals surface area contributed by atoms with Gasteiger partial charge in [0.1, 0.15) is 6.54 Å². The number of para-hydroxylation sites is 2. The van der Waals surface area contributed by atoms with Gasteiger partial charge in [-0.2, -0.15) is 0 Å². The molecule has 1 aromatic heterocycles. The van der Waals surface area contributed by atoms with Crippen molar-refractivity contribution in [2.75, 3.05) is 24.7 Å². The van der Waals surface area contributed by atoms with E-state index in [2.05, 4.69) is 0 Å². The quantitative estimate of drug-likeness (QED) is 0.360. The zero-order valence-corrected chi connectivity index (χ0v) is 19.9. The molecular formula is C25H28N2O6S. The molecule has 1 aliphatic heterocycles. The number of nitrogens with zero attached hydrogens (tertiary/aromatic N) is 2. The molecule has 9 heteroatoms. The lowest BCUT2D eigenvalue weighted by molar-refractivity contribution is -0.153. The van der Waals surface area contributed by atoms with Crippen LogP contribution in [0.1, 0.15) is 26.2 Å². The third kappa shape index (κ3) is 4.99. The Kier molecular flexibility index (Phi) is 7.02. The van der Waals surface area contributed by atoms with Crippen LogP contribution >= 0.6 is 0 Å². The molecule has 1 saturated heterocycles. The van der Waals surface area contributed by atoms with E-state index in [1.165, 1.54) is 0 Å². The number of esters is 1. The van der Waals surface area contributed by atoms with Crippen LogP contribution in [0.5, 0.6) is 0 Å². The highest BCUT2D eigenvalue weighted by Gasteiger charge is 2.34. The number of amides is 1. The van der Waals surface area contributed by atoms with Crippen LogP contribution in [0, 0.1) is 0 Å². The predicted molar refractivity (Wildman–Crippen MR) is 130 cm³/mol. The van der Waals surface area contributed by atoms with E-state index in [-0.39, 0.29) is 29.5 Å². The van der Waals surface area contributed by atoms with E-state index >= 15 is 0 Å². The number of benzene rings is 2. The van der Waals surface area contributed by atoms with Crippen molar-refractivity contribution < 1.29 is 22.7 Å². The summed E-state index contributed by atoms with van der Waals surface area (Å²) in [6.45, 7) is 1.81. The summed E-state index contributed by atoms with van der Waals surface area (Å²) < 4.78 is 30.9. The van der Waals surface area contributed by atoms with Gasteiger partial charge in [0.15, 0.2) is 21.9 Å². The second-order valence-corrected chi connectivity index (χ2v) is 10.8. The number of fused-ring (bicyclic) bond motifs is 2. The maximum Gasteiger partial charge on any atom is 0.326 e. The lowest BCUT2D eigenvalue weighted by atomic mass is 10.1. The molecule has 34 heavy (non-hydrogen) atoms. The molecule has 2 heterocycles. The van der Waals surface area contributed by atoms with Crippen LogP contribution < -0.4 is 5.43 Å². The Morgan fingerprint density at radius 2 is 1.68 bits per heavy atom. The van der Waals surface area contributed by atoms with Crippen LogP contribution in [0.4, 0.5) is 0 Å². The second kappa shape index (κ2) is 9.97. The van der Waals surface area contributed by atoms with E-state index < -0.39 is 28.3 Å². The third-order valence-corrected chi connectivity index (χ3v) is 8.00. The Morgan fingerprint density at radius 3 is 2.24 bits per heavy atom. The summed E-state index contributed by atoms with van der Waals surface area (Å²) in [6.07, 6.45) is 2.00. The fourth-order valence-electron chi connectivity index (χ4n) is 4.51. The fraction of sp³-hybridized carbons (Fsp3) is 0.400. The number of unbranched alkanes of at least 4 members (excludes halogenated alkanes) is 1. The minimum Gasteiger partial charge on any atom is -0.454 e. The Hall–Kier alpha value is -3.20. The summed E-state index contributed by atoms with van der Waals surface area (Å²) in [7, 11) is -3.15. The van der Waals surface area contributed by atoms with Gasteiger partial charge in [0, 0.05) is 23.4 Å². The predicted octanol–water partition coefficient (Wildman–Crippen LogP) is 2.51. The van der Waals surface area contributed by atoms with E-state index in [9.17, 15) is 22.8 Å². The van der Waals surface area contributed by atoms with Crippen LogP contribution in [0.3, 0.4) is 0 Å². The number of pyridine rings is 1. The molecule has 180 valence electrons. The molecule has 8 nitrogen and oxygen atoms in total. The SMILES string of the molecule is CCCCN(C(=O)COC(=O)Cn1c2ccccc2c(=O)c2ccccc21)C1CCS(=O)(=O)C1. The second-order valence-electron chi connectivity index (χ2n) is 8.61. The number of carbonyl (C=O) groups excluding carboxylic acids is 2. The smallest absolute Gasteiger partial charge is 0.326 e. The molecule has 0 saturated carbocycles. The van der Waals surface area contributed by atoms with Crippen molar-refractivity contribution in [2.45, 2.75) is 38.8 Å². The molecule has 0 spiro atoms. The van der Waals surface area contributed by atoms with Crippen molar-refractivity contribution in [3.63, 3.8) is 0 Å². The highest BCUT2D eigenvalue weighted by Crippen LogP contribution is 2.20. The average molecular weight is 485 g/mol. The minimum atomic E-state index is -3.15. The van der Waals surface area contributed by atoms with Gasteiger partial charge in [-0.3, -0.25) is 14.4 Å². The number of hydrogen-bond donors (Lipinski definition) is 0. The van der Waals surface area contributed by atoms with E-state index in [1.54, 1.807) is 58.0 Å². The highest BCUT2D eigenvalue weighted by molar-refractivity contribution is 7.91. The molecule has 4 rings (SSSR count). The first-order valence-electron chi connectivity index (χ1n) is 11.5. The van der Waals surface area contributed by atoms with Crippen LogP contribution in [0.2, 0.25) is 0 Å². The first-order chi connectivity index (χ1) is 16.3. The Balaban J connectivity index is 1.52. The van der Waals surface area contributed by atoms with Gasteiger partial charge in [0.05, 0.1) is 22.5 Å². The molecule has 1 fully saturated rings. The van der Waals surface area contributed by atoms with Crippen molar-refractivity contribution in [3.05, 3.63) is 58.8 Å². The van der Waals surface area contributed by atoms with Crippen molar-refractivity contribution in [3.8, 4) is 0 Å². The van der Waals surface area contributed by atoms with E-state index in [4.69, 9.17) is 4.74 Å². The fourth-order valence-corrected chi connectivity index (χ4v) is 6.24. The number of hydrogen-bond acceptors (Lipinski definition) is 6. The third-order valence-electron chi connectivity index (χ3n) is 6.24. The molecule has 0 bridgehead atoms. The minimum absolute atomic E-state index is 0.0498. The molecule has 1 aliphatic rings. The lowest BCUT2D eigenvalue weighted by Crippen LogP contribution is -2.44. The molecule has 1 amide bonds. The molecule has 0 radical (unpaired) electrons. The first-order valence-corrected chi connectivity index (χ1v) is 13.3. The van der Waals surface area contributed by atoms with Gasteiger partial charge in [0.25, 0.3) is 5.91 Å².